The highest BCUT2D eigenvalue weighted by Gasteiger charge is 2.28. The van der Waals surface area contributed by atoms with Crippen LogP contribution in [0.1, 0.15) is 187 Å². The molecule has 0 rings (SSSR count). The van der Waals surface area contributed by atoms with E-state index >= 15 is 0 Å². The molecule has 6 heteroatoms. The molecule has 0 aromatic heterocycles. The van der Waals surface area contributed by atoms with Gasteiger partial charge in [0.1, 0.15) is 12.2 Å². The number of hydrogen-bond acceptors (Lipinski definition) is 5. The summed E-state index contributed by atoms with van der Waals surface area (Å²) in [5, 5.41) is 43.4. The Hall–Kier alpha value is -1.21. The summed E-state index contributed by atoms with van der Waals surface area (Å²) in [7, 11) is 0. The maximum atomic E-state index is 12.4. The number of allylic oxidation sites excluding steroid dienone is 4. The van der Waals surface area contributed by atoms with E-state index in [9.17, 15) is 25.2 Å². The van der Waals surface area contributed by atoms with Crippen molar-refractivity contribution in [2.45, 2.75) is 212 Å². The van der Waals surface area contributed by atoms with Crippen LogP contribution in [0.25, 0.3) is 0 Å². The van der Waals surface area contributed by atoms with Crippen molar-refractivity contribution in [3.8, 4) is 0 Å². The predicted molar refractivity (Wildman–Crippen MR) is 191 cm³/mol. The van der Waals surface area contributed by atoms with E-state index in [4.69, 9.17) is 0 Å². The Morgan fingerprint density at radius 1 is 0.533 bits per heavy atom. The molecule has 0 aliphatic heterocycles. The molecule has 0 radical (unpaired) electrons. The number of aliphatic hydroxyl groups is 4. The minimum Gasteiger partial charge on any atom is -0.394 e. The largest absolute Gasteiger partial charge is 0.394 e. The van der Waals surface area contributed by atoms with E-state index in [1.165, 1.54) is 116 Å². The number of carbonyl (C=O) groups is 1. The van der Waals surface area contributed by atoms with Gasteiger partial charge in [0.25, 0.3) is 0 Å². The van der Waals surface area contributed by atoms with Crippen molar-refractivity contribution in [1.82, 2.24) is 5.32 Å². The van der Waals surface area contributed by atoms with Crippen molar-refractivity contribution in [3.05, 3.63) is 24.3 Å². The SMILES string of the molecule is CCCCCCCC/C=C\CCCCC(O)C(=O)NC(CO)C(O)C(O)CCC/C=C/CCCCCCCCCCCCCC. The number of rotatable bonds is 34. The zero-order valence-corrected chi connectivity index (χ0v) is 29.6. The van der Waals surface area contributed by atoms with Crippen LogP contribution in [-0.2, 0) is 4.79 Å². The normalized spacial score (nSPS) is 14.7. The zero-order chi connectivity index (χ0) is 33.2. The van der Waals surface area contributed by atoms with E-state index in [2.05, 4.69) is 43.5 Å². The van der Waals surface area contributed by atoms with Gasteiger partial charge >= 0.3 is 0 Å². The minimum atomic E-state index is -1.28. The van der Waals surface area contributed by atoms with Crippen LogP contribution in [-0.4, -0.2) is 57.3 Å². The van der Waals surface area contributed by atoms with Crippen molar-refractivity contribution in [2.24, 2.45) is 0 Å². The molecule has 266 valence electrons. The van der Waals surface area contributed by atoms with E-state index in [1.54, 1.807) is 0 Å². The van der Waals surface area contributed by atoms with E-state index < -0.39 is 36.9 Å². The number of carbonyl (C=O) groups excluding carboxylic acids is 1. The van der Waals surface area contributed by atoms with Gasteiger partial charge in [-0.15, -0.1) is 0 Å². The fourth-order valence-corrected chi connectivity index (χ4v) is 5.75. The second kappa shape index (κ2) is 34.1. The minimum absolute atomic E-state index is 0.333. The summed E-state index contributed by atoms with van der Waals surface area (Å²) in [5.41, 5.74) is 0. The van der Waals surface area contributed by atoms with Gasteiger partial charge in [-0.3, -0.25) is 4.79 Å². The summed E-state index contributed by atoms with van der Waals surface area (Å²) in [4.78, 5) is 12.4. The van der Waals surface area contributed by atoms with Gasteiger partial charge in [-0.25, -0.2) is 0 Å². The second-order valence-electron chi connectivity index (χ2n) is 13.3. The van der Waals surface area contributed by atoms with Crippen LogP contribution in [0.5, 0.6) is 0 Å². The number of nitrogens with one attached hydrogen (secondary N) is 1. The highest BCUT2D eigenvalue weighted by Crippen LogP contribution is 2.14. The maximum Gasteiger partial charge on any atom is 0.249 e. The maximum absolute atomic E-state index is 12.4. The molecule has 5 N–H and O–H groups in total. The van der Waals surface area contributed by atoms with Gasteiger partial charge in [0.15, 0.2) is 0 Å². The van der Waals surface area contributed by atoms with Crippen LogP contribution in [0.3, 0.4) is 0 Å². The Morgan fingerprint density at radius 3 is 1.33 bits per heavy atom. The predicted octanol–water partition coefficient (Wildman–Crippen LogP) is 9.23. The van der Waals surface area contributed by atoms with Crippen molar-refractivity contribution in [3.63, 3.8) is 0 Å². The van der Waals surface area contributed by atoms with Gasteiger partial charge in [0.2, 0.25) is 5.91 Å². The van der Waals surface area contributed by atoms with Crippen LogP contribution in [0.2, 0.25) is 0 Å². The molecule has 1 amide bonds. The number of hydrogen-bond donors (Lipinski definition) is 5. The Labute approximate surface area is 278 Å². The van der Waals surface area contributed by atoms with Crippen LogP contribution in [0.4, 0.5) is 0 Å². The average Bonchev–Trinajstić information content (AvgIpc) is 3.04. The molecule has 0 saturated heterocycles. The smallest absolute Gasteiger partial charge is 0.249 e. The highest BCUT2D eigenvalue weighted by atomic mass is 16.3. The van der Waals surface area contributed by atoms with Crippen molar-refractivity contribution >= 4 is 5.91 Å². The van der Waals surface area contributed by atoms with Gasteiger partial charge in [0.05, 0.1) is 18.8 Å². The van der Waals surface area contributed by atoms with Gasteiger partial charge in [-0.2, -0.15) is 0 Å². The topological polar surface area (TPSA) is 110 Å². The fourth-order valence-electron chi connectivity index (χ4n) is 5.75. The summed E-state index contributed by atoms with van der Waals surface area (Å²) < 4.78 is 0. The molecule has 0 saturated carbocycles. The second-order valence-corrected chi connectivity index (χ2v) is 13.3. The molecular weight excluding hydrogens is 562 g/mol. The summed E-state index contributed by atoms with van der Waals surface area (Å²) in [6, 6.07) is -1.01. The Balaban J connectivity index is 3.86. The lowest BCUT2D eigenvalue weighted by atomic mass is 10.00. The van der Waals surface area contributed by atoms with Gasteiger partial charge in [0, 0.05) is 0 Å². The molecule has 0 fully saturated rings. The lowest BCUT2D eigenvalue weighted by molar-refractivity contribution is -0.132. The molecule has 45 heavy (non-hydrogen) atoms. The van der Waals surface area contributed by atoms with Crippen LogP contribution in [0, 0.1) is 0 Å². The molecule has 0 heterocycles. The zero-order valence-electron chi connectivity index (χ0n) is 29.6. The molecule has 0 aromatic carbocycles. The van der Waals surface area contributed by atoms with Gasteiger partial charge in [-0.05, 0) is 64.2 Å². The molecular formula is C39H75NO5. The first-order valence-corrected chi connectivity index (χ1v) is 19.2. The first kappa shape index (κ1) is 43.8. The Kier molecular flexibility index (Phi) is 33.2. The molecule has 4 unspecified atom stereocenters. The molecule has 0 aliphatic rings. The summed E-state index contributed by atoms with van der Waals surface area (Å²) >= 11 is 0. The van der Waals surface area contributed by atoms with Crippen LogP contribution >= 0.6 is 0 Å². The quantitative estimate of drug-likeness (QED) is 0.0357. The molecule has 6 nitrogen and oxygen atoms in total. The summed E-state index contributed by atoms with van der Waals surface area (Å²) in [6.45, 7) is 4.00. The third-order valence-corrected chi connectivity index (χ3v) is 8.88. The highest BCUT2D eigenvalue weighted by molar-refractivity contribution is 5.80. The van der Waals surface area contributed by atoms with Crippen molar-refractivity contribution in [2.75, 3.05) is 6.61 Å². The van der Waals surface area contributed by atoms with E-state index in [-0.39, 0.29) is 0 Å². The molecule has 0 bridgehead atoms. The van der Waals surface area contributed by atoms with Crippen molar-refractivity contribution < 1.29 is 25.2 Å². The molecule has 0 spiro atoms. The third-order valence-electron chi connectivity index (χ3n) is 8.88. The first-order chi connectivity index (χ1) is 22.0. The van der Waals surface area contributed by atoms with E-state index in [0.29, 0.717) is 12.8 Å². The molecule has 4 atom stereocenters. The fraction of sp³-hybridized carbons (Fsp3) is 0.872. The Bertz CT molecular complexity index is 682. The van der Waals surface area contributed by atoms with E-state index in [1.807, 2.05) is 0 Å². The number of amides is 1. The van der Waals surface area contributed by atoms with Gasteiger partial charge < -0.3 is 25.7 Å². The number of unbranched alkanes of at least 4 members (excludes halogenated alkanes) is 21. The summed E-state index contributed by atoms with van der Waals surface area (Å²) in [6.07, 6.45) is 36.3. The van der Waals surface area contributed by atoms with E-state index in [0.717, 1.165) is 44.9 Å². The Morgan fingerprint density at radius 2 is 0.911 bits per heavy atom. The molecule has 0 aliphatic carbocycles. The monoisotopic (exact) mass is 638 g/mol. The third kappa shape index (κ3) is 28.7. The van der Waals surface area contributed by atoms with Gasteiger partial charge in [-0.1, -0.05) is 147 Å². The van der Waals surface area contributed by atoms with Crippen molar-refractivity contribution in [1.29, 1.82) is 0 Å². The lowest BCUT2D eigenvalue weighted by Crippen LogP contribution is -2.53. The summed E-state index contributed by atoms with van der Waals surface area (Å²) in [5.74, 6) is -0.611. The number of aliphatic hydroxyl groups excluding tert-OH is 4. The first-order valence-electron chi connectivity index (χ1n) is 19.2. The average molecular weight is 638 g/mol. The lowest BCUT2D eigenvalue weighted by Gasteiger charge is -2.27. The standard InChI is InChI=1S/C39H75NO5/c1-3-5-7-9-11-13-15-17-18-19-20-21-23-24-26-28-30-32-36(42)38(44)35(34-41)40-39(45)37(43)33-31-29-27-25-22-16-14-12-10-8-6-4-2/h22,24-26,35-38,41-44H,3-21,23,27-34H2,1-2H3,(H,40,45)/b25-22-,26-24+. The molecule has 0 aromatic rings. The van der Waals surface area contributed by atoms with Crippen LogP contribution < -0.4 is 5.32 Å². The van der Waals surface area contributed by atoms with Crippen LogP contribution in [0.15, 0.2) is 24.3 Å².